The predicted molar refractivity (Wildman–Crippen MR) is 111 cm³/mol. The lowest BCUT2D eigenvalue weighted by Crippen LogP contribution is -2.34. The maximum atomic E-state index is 12.6. The summed E-state index contributed by atoms with van der Waals surface area (Å²) in [5, 5.41) is 8.23. The maximum Gasteiger partial charge on any atom is 0.261 e. The first kappa shape index (κ1) is 18.5. The highest BCUT2D eigenvalue weighted by Gasteiger charge is 2.15. The molecule has 0 atom stereocenters. The third-order valence-corrected chi connectivity index (χ3v) is 4.76. The molecule has 132 valence electrons. The number of thiocarbonyl (C=S) groups is 1. The van der Waals surface area contributed by atoms with Crippen LogP contribution in [0.4, 0.5) is 5.69 Å². The van der Waals surface area contributed by atoms with E-state index in [0.717, 1.165) is 10.8 Å². The lowest BCUT2D eigenvalue weighted by Gasteiger charge is -2.13. The summed E-state index contributed by atoms with van der Waals surface area (Å²) in [6, 6.07) is 16.4. The number of fused-ring (bicyclic) bond motifs is 1. The molecule has 3 aromatic rings. The van der Waals surface area contributed by atoms with Crippen molar-refractivity contribution in [1.29, 1.82) is 0 Å². The Morgan fingerprint density at radius 3 is 2.42 bits per heavy atom. The molecule has 0 fully saturated rings. The van der Waals surface area contributed by atoms with Crippen LogP contribution in [0, 0.1) is 0 Å². The molecule has 4 nitrogen and oxygen atoms in total. The number of carbonyl (C=O) groups excluding carboxylic acids is 1. The van der Waals surface area contributed by atoms with E-state index >= 15 is 0 Å². The third kappa shape index (κ3) is 3.90. The van der Waals surface area contributed by atoms with Gasteiger partial charge in [0.25, 0.3) is 5.91 Å². The van der Waals surface area contributed by atoms with E-state index in [1.54, 1.807) is 24.3 Å². The van der Waals surface area contributed by atoms with E-state index < -0.39 is 0 Å². The van der Waals surface area contributed by atoms with E-state index in [2.05, 4.69) is 10.6 Å². The first-order valence-corrected chi connectivity index (χ1v) is 8.79. The molecule has 1 amide bonds. The van der Waals surface area contributed by atoms with Gasteiger partial charge in [0.05, 0.1) is 28.4 Å². The molecular formula is C19H14Cl2N2O2S. The number of carbonyl (C=O) groups is 1. The van der Waals surface area contributed by atoms with Crippen molar-refractivity contribution in [1.82, 2.24) is 5.32 Å². The van der Waals surface area contributed by atoms with Gasteiger partial charge in [-0.3, -0.25) is 10.1 Å². The smallest absolute Gasteiger partial charge is 0.261 e. The number of rotatable bonds is 3. The SMILES string of the molecule is COc1cc2ccccc2cc1C(=O)NC(=S)Nc1cccc(Cl)c1Cl. The minimum Gasteiger partial charge on any atom is -0.496 e. The maximum absolute atomic E-state index is 12.6. The molecule has 26 heavy (non-hydrogen) atoms. The number of amides is 1. The quantitative estimate of drug-likeness (QED) is 0.582. The van der Waals surface area contributed by atoms with Crippen molar-refractivity contribution in [3.63, 3.8) is 0 Å². The van der Waals surface area contributed by atoms with Crippen molar-refractivity contribution in [3.8, 4) is 5.75 Å². The van der Waals surface area contributed by atoms with E-state index in [4.69, 9.17) is 40.2 Å². The van der Waals surface area contributed by atoms with Gasteiger partial charge in [0.1, 0.15) is 5.75 Å². The number of halogens is 2. The summed E-state index contributed by atoms with van der Waals surface area (Å²) in [7, 11) is 1.52. The Labute approximate surface area is 166 Å². The molecule has 7 heteroatoms. The molecule has 0 saturated heterocycles. The third-order valence-electron chi connectivity index (χ3n) is 3.74. The Balaban J connectivity index is 1.82. The lowest BCUT2D eigenvalue weighted by atomic mass is 10.1. The van der Waals surface area contributed by atoms with Gasteiger partial charge in [-0.2, -0.15) is 0 Å². The molecule has 0 unspecified atom stereocenters. The Kier molecular flexibility index (Phi) is 5.61. The van der Waals surface area contributed by atoms with Crippen molar-refractivity contribution < 1.29 is 9.53 Å². The summed E-state index contributed by atoms with van der Waals surface area (Å²) < 4.78 is 5.35. The summed E-state index contributed by atoms with van der Waals surface area (Å²) in [5.41, 5.74) is 0.891. The van der Waals surface area contributed by atoms with Crippen LogP contribution in [0.1, 0.15) is 10.4 Å². The van der Waals surface area contributed by atoms with Crippen LogP contribution in [0.2, 0.25) is 10.0 Å². The number of nitrogens with one attached hydrogen (secondary N) is 2. The van der Waals surface area contributed by atoms with Crippen LogP contribution in [-0.2, 0) is 0 Å². The fourth-order valence-electron chi connectivity index (χ4n) is 2.49. The van der Waals surface area contributed by atoms with Crippen molar-refractivity contribution in [2.75, 3.05) is 12.4 Å². The Bertz CT molecular complexity index is 1010. The van der Waals surface area contributed by atoms with Crippen LogP contribution >= 0.6 is 35.4 Å². The molecule has 2 N–H and O–H groups in total. The standard InChI is InChI=1S/C19H14Cl2N2O2S/c1-25-16-10-12-6-3-2-5-11(12)9-13(16)18(24)23-19(26)22-15-8-4-7-14(20)17(15)21/h2-10H,1H3,(H2,22,23,24,26). The van der Waals surface area contributed by atoms with E-state index in [1.807, 2.05) is 30.3 Å². The van der Waals surface area contributed by atoms with Crippen LogP contribution in [0.3, 0.4) is 0 Å². The summed E-state index contributed by atoms with van der Waals surface area (Å²) >= 11 is 17.3. The second kappa shape index (κ2) is 7.91. The number of ether oxygens (including phenoxy) is 1. The van der Waals surface area contributed by atoms with E-state index in [1.165, 1.54) is 7.11 Å². The molecule has 0 spiro atoms. The molecule has 0 aliphatic heterocycles. The average molecular weight is 405 g/mol. The number of hydrogen-bond donors (Lipinski definition) is 2. The fraction of sp³-hybridized carbons (Fsp3) is 0.0526. The number of anilines is 1. The van der Waals surface area contributed by atoms with E-state index in [0.29, 0.717) is 27.0 Å². The van der Waals surface area contributed by atoms with Gasteiger partial charge < -0.3 is 10.1 Å². The molecule has 3 aromatic carbocycles. The molecule has 0 bridgehead atoms. The van der Waals surface area contributed by atoms with E-state index in [-0.39, 0.29) is 11.0 Å². The monoisotopic (exact) mass is 404 g/mol. The topological polar surface area (TPSA) is 50.4 Å². The highest BCUT2D eigenvalue weighted by Crippen LogP contribution is 2.29. The predicted octanol–water partition coefficient (Wildman–Crippen LogP) is 5.28. The zero-order valence-corrected chi connectivity index (χ0v) is 16.0. The van der Waals surface area contributed by atoms with Crippen LogP contribution < -0.4 is 15.4 Å². The normalized spacial score (nSPS) is 10.4. The van der Waals surface area contributed by atoms with Gasteiger partial charge in [-0.25, -0.2) is 0 Å². The molecule has 3 rings (SSSR count). The van der Waals surface area contributed by atoms with Gasteiger partial charge in [-0.05, 0) is 47.3 Å². The summed E-state index contributed by atoms with van der Waals surface area (Å²) in [6.45, 7) is 0. The first-order valence-electron chi connectivity index (χ1n) is 7.62. The van der Waals surface area contributed by atoms with Crippen LogP contribution in [0.15, 0.2) is 54.6 Å². The summed E-state index contributed by atoms with van der Waals surface area (Å²) in [6.07, 6.45) is 0. The van der Waals surface area contributed by atoms with Crippen molar-refractivity contribution in [2.24, 2.45) is 0 Å². The summed E-state index contributed by atoms with van der Waals surface area (Å²) in [5.74, 6) is 0.0769. The Morgan fingerprint density at radius 1 is 1.04 bits per heavy atom. The van der Waals surface area contributed by atoms with Crippen molar-refractivity contribution in [2.45, 2.75) is 0 Å². The highest BCUT2D eigenvalue weighted by molar-refractivity contribution is 7.80. The number of methoxy groups -OCH3 is 1. The highest BCUT2D eigenvalue weighted by atomic mass is 35.5. The average Bonchev–Trinajstić information content (AvgIpc) is 2.64. The lowest BCUT2D eigenvalue weighted by molar-refractivity contribution is 0.0975. The molecule has 0 aliphatic carbocycles. The zero-order chi connectivity index (χ0) is 18.7. The van der Waals surface area contributed by atoms with Gasteiger partial charge in [-0.15, -0.1) is 0 Å². The summed E-state index contributed by atoms with van der Waals surface area (Å²) in [4.78, 5) is 12.6. The fourth-order valence-corrected chi connectivity index (χ4v) is 3.04. The molecular weight excluding hydrogens is 391 g/mol. The number of benzene rings is 3. The second-order valence-corrected chi connectivity index (χ2v) is 6.60. The van der Waals surface area contributed by atoms with Crippen LogP contribution in [0.5, 0.6) is 5.75 Å². The minimum atomic E-state index is -0.386. The molecule has 0 radical (unpaired) electrons. The zero-order valence-electron chi connectivity index (χ0n) is 13.7. The van der Waals surface area contributed by atoms with Crippen LogP contribution in [-0.4, -0.2) is 18.1 Å². The Hall–Kier alpha value is -2.34. The number of hydrogen-bond acceptors (Lipinski definition) is 3. The molecule has 0 saturated carbocycles. The minimum absolute atomic E-state index is 0.106. The van der Waals surface area contributed by atoms with Crippen molar-refractivity contribution >= 4 is 62.9 Å². The first-order chi connectivity index (χ1) is 12.5. The van der Waals surface area contributed by atoms with Gasteiger partial charge in [0.2, 0.25) is 0 Å². The second-order valence-electron chi connectivity index (χ2n) is 5.41. The van der Waals surface area contributed by atoms with Crippen LogP contribution in [0.25, 0.3) is 10.8 Å². The Morgan fingerprint density at radius 2 is 1.73 bits per heavy atom. The molecule has 0 heterocycles. The van der Waals surface area contributed by atoms with Gasteiger partial charge in [0, 0.05) is 0 Å². The molecule has 0 aromatic heterocycles. The van der Waals surface area contributed by atoms with Gasteiger partial charge in [0.15, 0.2) is 5.11 Å². The van der Waals surface area contributed by atoms with E-state index in [9.17, 15) is 4.79 Å². The largest absolute Gasteiger partial charge is 0.496 e. The van der Waals surface area contributed by atoms with Gasteiger partial charge in [-0.1, -0.05) is 53.5 Å². The van der Waals surface area contributed by atoms with Gasteiger partial charge >= 0.3 is 0 Å². The van der Waals surface area contributed by atoms with Crippen molar-refractivity contribution in [3.05, 3.63) is 70.2 Å². The molecule has 0 aliphatic rings.